The highest BCUT2D eigenvalue weighted by atomic mass is 32.1. The number of carbonyl (C=O) groups excluding carboxylic acids is 2. The second kappa shape index (κ2) is 8.48. The van der Waals surface area contributed by atoms with Crippen molar-refractivity contribution in [3.63, 3.8) is 0 Å². The molecule has 146 valence electrons. The molecule has 28 heavy (non-hydrogen) atoms. The number of ketones is 1. The predicted molar refractivity (Wildman–Crippen MR) is 107 cm³/mol. The van der Waals surface area contributed by atoms with Crippen molar-refractivity contribution < 1.29 is 14.0 Å². The summed E-state index contributed by atoms with van der Waals surface area (Å²) in [6, 6.07) is 7.34. The van der Waals surface area contributed by atoms with Gasteiger partial charge in [-0.15, -0.1) is 11.3 Å². The van der Waals surface area contributed by atoms with Crippen LogP contribution < -0.4 is 5.32 Å². The Labute approximate surface area is 167 Å². The van der Waals surface area contributed by atoms with Crippen LogP contribution in [0, 0.1) is 19.7 Å². The normalized spacial score (nSPS) is 12.0. The molecule has 1 aromatic carbocycles. The van der Waals surface area contributed by atoms with Crippen molar-refractivity contribution in [1.82, 2.24) is 14.9 Å². The van der Waals surface area contributed by atoms with E-state index in [9.17, 15) is 14.0 Å². The van der Waals surface area contributed by atoms with Crippen molar-refractivity contribution in [2.45, 2.75) is 32.7 Å². The lowest BCUT2D eigenvalue weighted by Crippen LogP contribution is -2.31. The van der Waals surface area contributed by atoms with Crippen molar-refractivity contribution in [3.8, 4) is 0 Å². The molecule has 1 amide bonds. The predicted octanol–water partition coefficient (Wildman–Crippen LogP) is 4.11. The Balaban J connectivity index is 1.72. The molecule has 2 aromatic heterocycles. The first-order valence-corrected chi connectivity index (χ1v) is 9.79. The van der Waals surface area contributed by atoms with Gasteiger partial charge in [0.15, 0.2) is 5.78 Å². The van der Waals surface area contributed by atoms with Crippen LogP contribution in [0.1, 0.15) is 50.4 Å². The minimum Gasteiger partial charge on any atom is -0.342 e. The number of amides is 1. The first-order chi connectivity index (χ1) is 13.3. The number of hydrogen-bond donors (Lipinski definition) is 1. The molecule has 0 saturated heterocycles. The summed E-state index contributed by atoms with van der Waals surface area (Å²) in [6.07, 6.45) is 3.57. The highest BCUT2D eigenvalue weighted by molar-refractivity contribution is 7.12. The fraction of sp³-hybridized carbons (Fsp3) is 0.286. The summed E-state index contributed by atoms with van der Waals surface area (Å²) in [4.78, 5) is 31.3. The summed E-state index contributed by atoms with van der Waals surface area (Å²) in [5.74, 6) is -0.120. The smallest absolute Gasteiger partial charge is 0.221 e. The van der Waals surface area contributed by atoms with Crippen molar-refractivity contribution in [2.75, 3.05) is 0 Å². The molecule has 0 spiro atoms. The van der Waals surface area contributed by atoms with E-state index in [1.807, 2.05) is 27.0 Å². The molecule has 0 fully saturated rings. The van der Waals surface area contributed by atoms with Crippen LogP contribution in [-0.4, -0.2) is 21.2 Å². The number of aromatic nitrogens is 2. The number of imidazole rings is 1. The number of aryl methyl sites for hydroxylation is 3. The van der Waals surface area contributed by atoms with Crippen molar-refractivity contribution in [2.24, 2.45) is 7.05 Å². The topological polar surface area (TPSA) is 64.0 Å². The number of thiophene rings is 1. The number of benzene rings is 1. The van der Waals surface area contributed by atoms with Crippen LogP contribution in [0.25, 0.3) is 0 Å². The average molecular weight is 399 g/mol. The highest BCUT2D eigenvalue weighted by Crippen LogP contribution is 2.23. The van der Waals surface area contributed by atoms with Crippen molar-refractivity contribution in [3.05, 3.63) is 75.2 Å². The number of carbonyl (C=O) groups is 2. The Morgan fingerprint density at radius 1 is 1.25 bits per heavy atom. The van der Waals surface area contributed by atoms with Crippen LogP contribution in [0.5, 0.6) is 0 Å². The molecule has 3 aromatic rings. The molecule has 1 atom stereocenters. The van der Waals surface area contributed by atoms with Gasteiger partial charge in [0, 0.05) is 47.6 Å². The van der Waals surface area contributed by atoms with Gasteiger partial charge in [0.25, 0.3) is 0 Å². The van der Waals surface area contributed by atoms with Gasteiger partial charge < -0.3 is 9.88 Å². The van der Waals surface area contributed by atoms with Crippen LogP contribution in [0.15, 0.2) is 42.7 Å². The van der Waals surface area contributed by atoms with E-state index in [1.165, 1.54) is 12.1 Å². The maximum absolute atomic E-state index is 13.7. The zero-order valence-electron chi connectivity index (χ0n) is 16.0. The summed E-state index contributed by atoms with van der Waals surface area (Å²) in [7, 11) is 1.81. The fourth-order valence-corrected chi connectivity index (χ4v) is 4.08. The number of Topliss-reactive ketones (excluding diaryl/α,β-unsaturated/α-hetero) is 1. The molecule has 0 bridgehead atoms. The van der Waals surface area contributed by atoms with Crippen LogP contribution in [0.4, 0.5) is 4.39 Å². The highest BCUT2D eigenvalue weighted by Gasteiger charge is 2.22. The molecule has 0 saturated carbocycles. The van der Waals surface area contributed by atoms with E-state index in [-0.39, 0.29) is 30.3 Å². The van der Waals surface area contributed by atoms with Gasteiger partial charge in [0.1, 0.15) is 17.7 Å². The lowest BCUT2D eigenvalue weighted by Gasteiger charge is -2.19. The molecule has 0 aliphatic heterocycles. The van der Waals surface area contributed by atoms with E-state index in [0.717, 1.165) is 9.75 Å². The third kappa shape index (κ3) is 4.54. The van der Waals surface area contributed by atoms with Crippen molar-refractivity contribution in [1.29, 1.82) is 0 Å². The standard InChI is InChI=1S/C21H22FN3O2S/c1-13-11-17(14(2)28-13)18(26)7-8-19(27)24-20(21-23-9-10-25(21)3)15-5-4-6-16(22)12-15/h4-6,9-12,20H,7-8H2,1-3H3,(H,24,27). The lowest BCUT2D eigenvalue weighted by atomic mass is 10.0. The summed E-state index contributed by atoms with van der Waals surface area (Å²) >= 11 is 1.57. The van der Waals surface area contributed by atoms with Crippen LogP contribution in [0.3, 0.4) is 0 Å². The number of hydrogen-bond acceptors (Lipinski definition) is 4. The van der Waals surface area contributed by atoms with E-state index in [2.05, 4.69) is 10.3 Å². The zero-order chi connectivity index (χ0) is 20.3. The number of rotatable bonds is 7. The minimum absolute atomic E-state index is 0.0451. The molecular formula is C21H22FN3O2S. The van der Waals surface area contributed by atoms with Crippen LogP contribution in [0.2, 0.25) is 0 Å². The summed E-state index contributed by atoms with van der Waals surface area (Å²) in [5.41, 5.74) is 1.28. The monoisotopic (exact) mass is 399 g/mol. The Bertz CT molecular complexity index is 1010. The number of nitrogens with zero attached hydrogens (tertiary/aromatic N) is 2. The SMILES string of the molecule is Cc1cc(C(=O)CCC(=O)NC(c2cccc(F)c2)c2nccn2C)c(C)s1. The molecule has 5 nitrogen and oxygen atoms in total. The van der Waals surface area contributed by atoms with Gasteiger partial charge in [-0.2, -0.15) is 0 Å². The third-order valence-corrected chi connectivity index (χ3v) is 5.49. The molecular weight excluding hydrogens is 377 g/mol. The summed E-state index contributed by atoms with van der Waals surface area (Å²) in [5, 5.41) is 2.89. The molecule has 1 unspecified atom stereocenters. The van der Waals surface area contributed by atoms with Crippen LogP contribution >= 0.6 is 11.3 Å². The van der Waals surface area contributed by atoms with E-state index in [0.29, 0.717) is 17.0 Å². The Kier molecular flexibility index (Phi) is 6.04. The second-order valence-corrected chi connectivity index (χ2v) is 8.16. The summed E-state index contributed by atoms with van der Waals surface area (Å²) in [6.45, 7) is 3.86. The zero-order valence-corrected chi connectivity index (χ0v) is 16.8. The van der Waals surface area contributed by atoms with E-state index < -0.39 is 6.04 Å². The fourth-order valence-electron chi connectivity index (χ4n) is 3.14. The quantitative estimate of drug-likeness (QED) is 0.608. The van der Waals surface area contributed by atoms with Crippen molar-refractivity contribution >= 4 is 23.0 Å². The van der Waals surface area contributed by atoms with E-state index >= 15 is 0 Å². The van der Waals surface area contributed by atoms with Gasteiger partial charge in [-0.25, -0.2) is 9.37 Å². The summed E-state index contributed by atoms with van der Waals surface area (Å²) < 4.78 is 15.5. The van der Waals surface area contributed by atoms with Gasteiger partial charge in [-0.1, -0.05) is 12.1 Å². The molecule has 7 heteroatoms. The van der Waals surface area contributed by atoms with Crippen LogP contribution in [-0.2, 0) is 11.8 Å². The van der Waals surface area contributed by atoms with Gasteiger partial charge in [-0.05, 0) is 37.6 Å². The van der Waals surface area contributed by atoms with Gasteiger partial charge >= 0.3 is 0 Å². The lowest BCUT2D eigenvalue weighted by molar-refractivity contribution is -0.121. The molecule has 0 radical (unpaired) electrons. The van der Waals surface area contributed by atoms with E-state index in [1.54, 1.807) is 40.4 Å². The van der Waals surface area contributed by atoms with Gasteiger partial charge in [0.2, 0.25) is 5.91 Å². The maximum Gasteiger partial charge on any atom is 0.221 e. The number of halogens is 1. The number of nitrogens with one attached hydrogen (secondary N) is 1. The van der Waals surface area contributed by atoms with Gasteiger partial charge in [-0.3, -0.25) is 9.59 Å². The second-order valence-electron chi connectivity index (χ2n) is 6.70. The largest absolute Gasteiger partial charge is 0.342 e. The Morgan fingerprint density at radius 3 is 2.64 bits per heavy atom. The third-order valence-electron chi connectivity index (χ3n) is 4.52. The first-order valence-electron chi connectivity index (χ1n) is 8.97. The molecule has 0 aliphatic rings. The minimum atomic E-state index is -0.594. The molecule has 0 aliphatic carbocycles. The Morgan fingerprint density at radius 2 is 2.04 bits per heavy atom. The molecule has 3 rings (SSSR count). The Hall–Kier alpha value is -2.80. The van der Waals surface area contributed by atoms with Gasteiger partial charge in [0.05, 0.1) is 0 Å². The van der Waals surface area contributed by atoms with E-state index in [4.69, 9.17) is 0 Å². The average Bonchev–Trinajstić information content (AvgIpc) is 3.22. The molecule has 2 heterocycles. The molecule has 1 N–H and O–H groups in total. The first kappa shape index (κ1) is 19.9. The maximum atomic E-state index is 13.7.